The van der Waals surface area contributed by atoms with E-state index in [4.69, 9.17) is 4.52 Å². The Hall–Kier alpha value is -1.47. The van der Waals surface area contributed by atoms with Crippen molar-refractivity contribution in [3.63, 3.8) is 0 Å². The first-order valence-electron chi connectivity index (χ1n) is 8.98. The van der Waals surface area contributed by atoms with Gasteiger partial charge in [0.05, 0.1) is 6.54 Å². The molecule has 24 heavy (non-hydrogen) atoms. The van der Waals surface area contributed by atoms with E-state index in [0.717, 1.165) is 38.4 Å². The minimum Gasteiger partial charge on any atom is -0.341 e. The molecule has 2 aliphatic heterocycles. The molecule has 2 aliphatic rings. The van der Waals surface area contributed by atoms with Gasteiger partial charge in [0.15, 0.2) is 5.82 Å². The van der Waals surface area contributed by atoms with E-state index in [-0.39, 0.29) is 11.8 Å². The highest BCUT2D eigenvalue weighted by Gasteiger charge is 2.35. The summed E-state index contributed by atoms with van der Waals surface area (Å²) in [7, 11) is 2.07. The Balaban J connectivity index is 1.51. The van der Waals surface area contributed by atoms with E-state index in [2.05, 4.69) is 34.3 Å². The minimum atomic E-state index is 0.126. The second-order valence-electron chi connectivity index (χ2n) is 7.55. The lowest BCUT2D eigenvalue weighted by Crippen LogP contribution is -2.50. The number of aromatic nitrogens is 2. The zero-order valence-corrected chi connectivity index (χ0v) is 15.2. The molecular formula is C17H29N5O2. The molecule has 0 radical (unpaired) electrons. The van der Waals surface area contributed by atoms with E-state index >= 15 is 0 Å². The molecule has 1 aromatic rings. The highest BCUT2D eigenvalue weighted by molar-refractivity contribution is 5.79. The lowest BCUT2D eigenvalue weighted by atomic mass is 9.88. The van der Waals surface area contributed by atoms with Gasteiger partial charge < -0.3 is 14.7 Å². The molecule has 3 heterocycles. The van der Waals surface area contributed by atoms with Crippen molar-refractivity contribution >= 4 is 5.91 Å². The Morgan fingerprint density at radius 1 is 1.42 bits per heavy atom. The Morgan fingerprint density at radius 3 is 2.75 bits per heavy atom. The van der Waals surface area contributed by atoms with E-state index in [1.54, 1.807) is 0 Å². The molecule has 1 aromatic heterocycles. The van der Waals surface area contributed by atoms with Gasteiger partial charge in [0, 0.05) is 31.0 Å². The molecule has 1 amide bonds. The Kier molecular flexibility index (Phi) is 5.20. The van der Waals surface area contributed by atoms with E-state index in [1.807, 2.05) is 18.7 Å². The van der Waals surface area contributed by atoms with Gasteiger partial charge in [0.2, 0.25) is 11.8 Å². The topological polar surface area (TPSA) is 74.5 Å². The Bertz CT molecular complexity index is 569. The smallest absolute Gasteiger partial charge is 0.229 e. The van der Waals surface area contributed by atoms with E-state index in [1.165, 1.54) is 0 Å². The van der Waals surface area contributed by atoms with Crippen molar-refractivity contribution in [1.82, 2.24) is 25.3 Å². The lowest BCUT2D eigenvalue weighted by Gasteiger charge is -2.34. The van der Waals surface area contributed by atoms with E-state index in [9.17, 15) is 4.79 Å². The molecule has 0 spiro atoms. The number of hydrogen-bond donors (Lipinski definition) is 1. The highest BCUT2D eigenvalue weighted by atomic mass is 16.5. The normalized spacial score (nSPS) is 23.1. The first-order valence-corrected chi connectivity index (χ1v) is 8.98. The van der Waals surface area contributed by atoms with E-state index < -0.39 is 0 Å². The Labute approximate surface area is 143 Å². The first-order chi connectivity index (χ1) is 11.5. The summed E-state index contributed by atoms with van der Waals surface area (Å²) in [5.74, 6) is 2.59. The van der Waals surface area contributed by atoms with Gasteiger partial charge in [-0.25, -0.2) is 0 Å². The molecule has 2 unspecified atom stereocenters. The fourth-order valence-corrected chi connectivity index (χ4v) is 3.37. The summed E-state index contributed by atoms with van der Waals surface area (Å²) >= 11 is 0. The van der Waals surface area contributed by atoms with Crippen LogP contribution in [0.2, 0.25) is 0 Å². The molecule has 0 bridgehead atoms. The molecule has 3 rings (SSSR count). The van der Waals surface area contributed by atoms with Crippen molar-refractivity contribution in [2.75, 3.05) is 33.2 Å². The molecule has 7 nitrogen and oxygen atoms in total. The van der Waals surface area contributed by atoms with Crippen molar-refractivity contribution in [2.24, 2.45) is 11.8 Å². The third-order valence-electron chi connectivity index (χ3n) is 5.38. The van der Waals surface area contributed by atoms with Gasteiger partial charge in [-0.05, 0) is 32.5 Å². The summed E-state index contributed by atoms with van der Waals surface area (Å²) in [5.41, 5.74) is 0. The van der Waals surface area contributed by atoms with Crippen LogP contribution in [-0.2, 0) is 11.3 Å². The van der Waals surface area contributed by atoms with Gasteiger partial charge in [-0.15, -0.1) is 0 Å². The molecule has 7 heteroatoms. The number of carbonyl (C=O) groups excluding carboxylic acids is 1. The monoisotopic (exact) mass is 335 g/mol. The zero-order valence-electron chi connectivity index (χ0n) is 15.2. The maximum Gasteiger partial charge on any atom is 0.229 e. The van der Waals surface area contributed by atoms with Gasteiger partial charge in [0.25, 0.3) is 0 Å². The molecule has 0 aromatic carbocycles. The third kappa shape index (κ3) is 3.62. The van der Waals surface area contributed by atoms with Crippen molar-refractivity contribution in [3.05, 3.63) is 11.7 Å². The number of nitrogens with one attached hydrogen (secondary N) is 1. The van der Waals surface area contributed by atoms with Crippen LogP contribution in [0, 0.1) is 11.8 Å². The molecule has 0 aliphatic carbocycles. The number of amides is 1. The number of hydrogen-bond acceptors (Lipinski definition) is 6. The predicted octanol–water partition coefficient (Wildman–Crippen LogP) is 1.08. The number of likely N-dealkylation sites (N-methyl/N-ethyl adjacent to an activating group) is 1. The summed E-state index contributed by atoms with van der Waals surface area (Å²) in [4.78, 5) is 21.3. The van der Waals surface area contributed by atoms with E-state index in [0.29, 0.717) is 30.3 Å². The van der Waals surface area contributed by atoms with Gasteiger partial charge in [-0.2, -0.15) is 4.98 Å². The zero-order chi connectivity index (χ0) is 17.3. The van der Waals surface area contributed by atoms with Crippen LogP contribution in [-0.4, -0.2) is 65.1 Å². The van der Waals surface area contributed by atoms with Gasteiger partial charge in [0.1, 0.15) is 0 Å². The largest absolute Gasteiger partial charge is 0.341 e. The lowest BCUT2D eigenvalue weighted by molar-refractivity contribution is -0.136. The van der Waals surface area contributed by atoms with Gasteiger partial charge in [-0.1, -0.05) is 25.9 Å². The second kappa shape index (κ2) is 7.19. The average Bonchev–Trinajstić information content (AvgIpc) is 3.13. The number of likely N-dealkylation sites (tertiary alicyclic amines) is 1. The van der Waals surface area contributed by atoms with Crippen molar-refractivity contribution in [1.29, 1.82) is 0 Å². The third-order valence-corrected chi connectivity index (χ3v) is 5.38. The van der Waals surface area contributed by atoms with Gasteiger partial charge >= 0.3 is 0 Å². The van der Waals surface area contributed by atoms with Crippen LogP contribution >= 0.6 is 0 Å². The summed E-state index contributed by atoms with van der Waals surface area (Å²) in [6.07, 6.45) is 1.01. The standard InChI is InChI=1S/C17H29N5O2/c1-11(2)16-19-15(20-24-16)10-21(4)14-5-6-22(9-14)17(23)12(3)13-7-18-8-13/h11-14,18H,5-10H2,1-4H3. The second-order valence-corrected chi connectivity index (χ2v) is 7.55. The highest BCUT2D eigenvalue weighted by Crippen LogP contribution is 2.23. The molecule has 134 valence electrons. The minimum absolute atomic E-state index is 0.126. The van der Waals surface area contributed by atoms with Crippen molar-refractivity contribution < 1.29 is 9.32 Å². The summed E-state index contributed by atoms with van der Waals surface area (Å²) in [6, 6.07) is 0.363. The number of rotatable bonds is 6. The summed E-state index contributed by atoms with van der Waals surface area (Å²) < 4.78 is 5.27. The van der Waals surface area contributed by atoms with Crippen LogP contribution in [0.5, 0.6) is 0 Å². The van der Waals surface area contributed by atoms with Crippen molar-refractivity contribution in [3.8, 4) is 0 Å². The first kappa shape index (κ1) is 17.4. The fraction of sp³-hybridized carbons (Fsp3) is 0.824. The molecule has 2 saturated heterocycles. The van der Waals surface area contributed by atoms with Crippen LogP contribution in [0.15, 0.2) is 4.52 Å². The molecule has 2 fully saturated rings. The van der Waals surface area contributed by atoms with Crippen molar-refractivity contribution in [2.45, 2.75) is 45.7 Å². The van der Waals surface area contributed by atoms with Crippen LogP contribution in [0.25, 0.3) is 0 Å². The quantitative estimate of drug-likeness (QED) is 0.838. The summed E-state index contributed by atoms with van der Waals surface area (Å²) in [5, 5.41) is 7.31. The summed E-state index contributed by atoms with van der Waals surface area (Å²) in [6.45, 7) is 10.4. The molecule has 0 saturated carbocycles. The van der Waals surface area contributed by atoms with Crippen LogP contribution in [0.3, 0.4) is 0 Å². The fourth-order valence-electron chi connectivity index (χ4n) is 3.37. The average molecular weight is 335 g/mol. The van der Waals surface area contributed by atoms with Gasteiger partial charge in [-0.3, -0.25) is 9.69 Å². The number of carbonyl (C=O) groups is 1. The predicted molar refractivity (Wildman–Crippen MR) is 90.4 cm³/mol. The molecule has 1 N–H and O–H groups in total. The van der Waals surface area contributed by atoms with Crippen LogP contribution in [0.4, 0.5) is 0 Å². The van der Waals surface area contributed by atoms with Crippen LogP contribution in [0.1, 0.15) is 44.8 Å². The SMILES string of the molecule is CC(C)c1nc(CN(C)C2CCN(C(=O)C(C)C3CNC3)C2)no1. The molecule has 2 atom stereocenters. The Morgan fingerprint density at radius 2 is 2.17 bits per heavy atom. The van der Waals surface area contributed by atoms with Crippen LogP contribution < -0.4 is 5.32 Å². The number of nitrogens with zero attached hydrogens (tertiary/aromatic N) is 4. The maximum absolute atomic E-state index is 12.6. The maximum atomic E-state index is 12.6. The molecular weight excluding hydrogens is 306 g/mol.